The predicted molar refractivity (Wildman–Crippen MR) is 126 cm³/mol. The SMILES string of the molecule is CCOc1ccc(N(CC(=O)NCCCc2ccccc2)S(=O)(=O)c2ccccc2)cc1. The normalized spacial score (nSPS) is 11.0. The van der Waals surface area contributed by atoms with Gasteiger partial charge in [-0.15, -0.1) is 0 Å². The summed E-state index contributed by atoms with van der Waals surface area (Å²) in [6.45, 7) is 2.55. The van der Waals surface area contributed by atoms with Crippen LogP contribution in [0.5, 0.6) is 5.75 Å². The van der Waals surface area contributed by atoms with Gasteiger partial charge in [-0.1, -0.05) is 48.5 Å². The molecule has 7 heteroatoms. The minimum atomic E-state index is -3.92. The average molecular weight is 453 g/mol. The zero-order chi connectivity index (χ0) is 22.8. The van der Waals surface area contributed by atoms with Gasteiger partial charge in [-0.3, -0.25) is 9.10 Å². The van der Waals surface area contributed by atoms with E-state index in [0.29, 0.717) is 24.6 Å². The molecule has 0 aromatic heterocycles. The molecule has 0 saturated heterocycles. The molecule has 6 nitrogen and oxygen atoms in total. The highest BCUT2D eigenvalue weighted by Gasteiger charge is 2.27. The summed E-state index contributed by atoms with van der Waals surface area (Å²) in [5.74, 6) is 0.283. The summed E-state index contributed by atoms with van der Waals surface area (Å²) in [4.78, 5) is 12.8. The quantitative estimate of drug-likeness (QED) is 0.446. The molecule has 0 heterocycles. The number of ether oxygens (including phenoxy) is 1. The standard InChI is InChI=1S/C25H28N2O4S/c1-2-31-23-17-15-22(16-18-23)27(32(29,30)24-13-7-4-8-14-24)20-25(28)26-19-9-12-21-10-5-3-6-11-21/h3-8,10-11,13-18H,2,9,12,19-20H2,1H3,(H,26,28). The lowest BCUT2D eigenvalue weighted by Gasteiger charge is -2.24. The maximum Gasteiger partial charge on any atom is 0.264 e. The van der Waals surface area contributed by atoms with E-state index in [1.807, 2.05) is 37.3 Å². The second-order valence-corrected chi connectivity index (χ2v) is 9.05. The smallest absolute Gasteiger partial charge is 0.264 e. The maximum atomic E-state index is 13.3. The molecule has 0 fully saturated rings. The number of anilines is 1. The van der Waals surface area contributed by atoms with Crippen LogP contribution in [-0.2, 0) is 21.2 Å². The second-order valence-electron chi connectivity index (χ2n) is 7.19. The van der Waals surface area contributed by atoms with Crippen LogP contribution in [-0.4, -0.2) is 34.0 Å². The molecule has 1 N–H and O–H groups in total. The summed E-state index contributed by atoms with van der Waals surface area (Å²) in [7, 11) is -3.92. The van der Waals surface area contributed by atoms with Gasteiger partial charge < -0.3 is 10.1 Å². The zero-order valence-corrected chi connectivity index (χ0v) is 18.9. The number of hydrogen-bond acceptors (Lipinski definition) is 4. The van der Waals surface area contributed by atoms with E-state index < -0.39 is 10.0 Å². The van der Waals surface area contributed by atoms with Gasteiger partial charge in [0.25, 0.3) is 10.0 Å². The van der Waals surface area contributed by atoms with Crippen molar-refractivity contribution in [2.24, 2.45) is 0 Å². The molecule has 0 unspecified atom stereocenters. The van der Waals surface area contributed by atoms with E-state index in [1.54, 1.807) is 42.5 Å². The first kappa shape index (κ1) is 23.3. The lowest BCUT2D eigenvalue weighted by atomic mass is 10.1. The highest BCUT2D eigenvalue weighted by atomic mass is 32.2. The number of nitrogens with one attached hydrogen (secondary N) is 1. The lowest BCUT2D eigenvalue weighted by molar-refractivity contribution is -0.119. The molecular weight excluding hydrogens is 424 g/mol. The molecule has 0 atom stereocenters. The topological polar surface area (TPSA) is 75.7 Å². The third-order valence-electron chi connectivity index (χ3n) is 4.86. The van der Waals surface area contributed by atoms with E-state index >= 15 is 0 Å². The minimum Gasteiger partial charge on any atom is -0.494 e. The Hall–Kier alpha value is -3.32. The fourth-order valence-electron chi connectivity index (χ4n) is 3.26. The number of sulfonamides is 1. The maximum absolute atomic E-state index is 13.3. The summed E-state index contributed by atoms with van der Waals surface area (Å²) >= 11 is 0. The Labute approximate surface area is 189 Å². The van der Waals surface area contributed by atoms with E-state index in [-0.39, 0.29) is 17.3 Å². The Morgan fingerprint density at radius 2 is 1.53 bits per heavy atom. The minimum absolute atomic E-state index is 0.130. The molecule has 0 saturated carbocycles. The van der Waals surface area contributed by atoms with Gasteiger partial charge in [-0.2, -0.15) is 0 Å². The summed E-state index contributed by atoms with van der Waals surface area (Å²) in [6, 6.07) is 24.8. The number of rotatable bonds is 11. The van der Waals surface area contributed by atoms with Crippen LogP contribution in [0.25, 0.3) is 0 Å². The number of hydrogen-bond donors (Lipinski definition) is 1. The first-order valence-electron chi connectivity index (χ1n) is 10.6. The van der Waals surface area contributed by atoms with E-state index in [9.17, 15) is 13.2 Å². The van der Waals surface area contributed by atoms with E-state index in [4.69, 9.17) is 4.74 Å². The zero-order valence-electron chi connectivity index (χ0n) is 18.1. The van der Waals surface area contributed by atoms with Crippen LogP contribution in [0.15, 0.2) is 89.8 Å². The summed E-state index contributed by atoms with van der Waals surface area (Å²) in [5, 5.41) is 2.84. The van der Waals surface area contributed by atoms with Gasteiger partial charge >= 0.3 is 0 Å². The van der Waals surface area contributed by atoms with E-state index in [1.165, 1.54) is 17.7 Å². The first-order chi connectivity index (χ1) is 15.5. The van der Waals surface area contributed by atoms with E-state index in [0.717, 1.165) is 17.1 Å². The molecular formula is C25H28N2O4S. The van der Waals surface area contributed by atoms with Crippen molar-refractivity contribution in [3.8, 4) is 5.75 Å². The highest BCUT2D eigenvalue weighted by molar-refractivity contribution is 7.92. The molecule has 0 aliphatic rings. The van der Waals surface area contributed by atoms with Crippen molar-refractivity contribution < 1.29 is 17.9 Å². The van der Waals surface area contributed by atoms with Gasteiger partial charge in [-0.25, -0.2) is 8.42 Å². The van der Waals surface area contributed by atoms with Crippen LogP contribution in [0, 0.1) is 0 Å². The van der Waals surface area contributed by atoms with Crippen molar-refractivity contribution in [2.45, 2.75) is 24.7 Å². The van der Waals surface area contributed by atoms with Gasteiger partial charge in [0, 0.05) is 6.54 Å². The van der Waals surface area contributed by atoms with Crippen molar-refractivity contribution >= 4 is 21.6 Å². The number of carbonyl (C=O) groups is 1. The Balaban J connectivity index is 1.71. The Morgan fingerprint density at radius 1 is 0.906 bits per heavy atom. The van der Waals surface area contributed by atoms with E-state index in [2.05, 4.69) is 5.32 Å². The second kappa shape index (κ2) is 11.3. The Bertz CT molecular complexity index is 1090. The first-order valence-corrected chi connectivity index (χ1v) is 12.1. The third-order valence-corrected chi connectivity index (χ3v) is 6.65. The predicted octanol–water partition coefficient (Wildman–Crippen LogP) is 4.03. The Kier molecular flexibility index (Phi) is 8.27. The number of aryl methyl sites for hydroxylation is 1. The Morgan fingerprint density at radius 3 is 2.16 bits per heavy atom. The lowest BCUT2D eigenvalue weighted by Crippen LogP contribution is -2.41. The molecule has 0 bridgehead atoms. The van der Waals surface area contributed by atoms with Gasteiger partial charge in [0.05, 0.1) is 17.2 Å². The summed E-state index contributed by atoms with van der Waals surface area (Å²) in [5.41, 5.74) is 1.60. The van der Waals surface area contributed by atoms with Crippen LogP contribution in [0.2, 0.25) is 0 Å². The monoisotopic (exact) mass is 452 g/mol. The number of amides is 1. The van der Waals surface area contributed by atoms with Crippen LogP contribution < -0.4 is 14.4 Å². The van der Waals surface area contributed by atoms with Crippen molar-refractivity contribution in [3.05, 3.63) is 90.5 Å². The molecule has 0 spiro atoms. The van der Waals surface area contributed by atoms with Crippen LogP contribution in [0.3, 0.4) is 0 Å². The van der Waals surface area contributed by atoms with Crippen LogP contribution in [0.1, 0.15) is 18.9 Å². The largest absolute Gasteiger partial charge is 0.494 e. The molecule has 3 rings (SSSR count). The molecule has 168 valence electrons. The number of carbonyl (C=O) groups excluding carboxylic acids is 1. The third kappa shape index (κ3) is 6.34. The highest BCUT2D eigenvalue weighted by Crippen LogP contribution is 2.25. The van der Waals surface area contributed by atoms with Gasteiger partial charge in [0.15, 0.2) is 0 Å². The van der Waals surface area contributed by atoms with Gasteiger partial charge in [0.2, 0.25) is 5.91 Å². The van der Waals surface area contributed by atoms with Crippen molar-refractivity contribution in [2.75, 3.05) is 24.0 Å². The molecule has 1 amide bonds. The fraction of sp³-hybridized carbons (Fsp3) is 0.240. The average Bonchev–Trinajstić information content (AvgIpc) is 2.82. The number of nitrogens with zero attached hydrogens (tertiary/aromatic N) is 1. The molecule has 32 heavy (non-hydrogen) atoms. The van der Waals surface area contributed by atoms with Crippen molar-refractivity contribution in [3.63, 3.8) is 0 Å². The van der Waals surface area contributed by atoms with Crippen molar-refractivity contribution in [1.82, 2.24) is 5.32 Å². The van der Waals surface area contributed by atoms with Crippen LogP contribution in [0.4, 0.5) is 5.69 Å². The van der Waals surface area contributed by atoms with Crippen molar-refractivity contribution in [1.29, 1.82) is 0 Å². The van der Waals surface area contributed by atoms with Crippen LogP contribution >= 0.6 is 0 Å². The molecule has 0 aliphatic carbocycles. The molecule has 0 radical (unpaired) electrons. The number of benzene rings is 3. The summed E-state index contributed by atoms with van der Waals surface area (Å²) < 4.78 is 33.2. The summed E-state index contributed by atoms with van der Waals surface area (Å²) in [6.07, 6.45) is 1.61. The fourth-order valence-corrected chi connectivity index (χ4v) is 4.70. The molecule has 0 aliphatic heterocycles. The molecule has 3 aromatic carbocycles. The van der Waals surface area contributed by atoms with Gasteiger partial charge in [0.1, 0.15) is 12.3 Å². The molecule has 3 aromatic rings. The van der Waals surface area contributed by atoms with Gasteiger partial charge in [-0.05, 0) is 61.7 Å².